The van der Waals surface area contributed by atoms with Crippen LogP contribution in [0.15, 0.2) is 31.2 Å². The SMILES string of the molecule is C=C(C)N(I)C(=C)c1cnn(C)c1. The maximum atomic E-state index is 4.08. The Balaban J connectivity index is 2.85. The molecule has 0 unspecified atom stereocenters. The standard InChI is InChI=1S/C9H12IN3/c1-7(2)13(10)8(3)9-5-11-12(4)6-9/h5-6H,1,3H2,2,4H3. The average Bonchev–Trinajstić information content (AvgIpc) is 2.49. The van der Waals surface area contributed by atoms with E-state index in [9.17, 15) is 0 Å². The minimum absolute atomic E-state index is 0.904. The van der Waals surface area contributed by atoms with Gasteiger partial charge in [-0.25, -0.2) is 0 Å². The van der Waals surface area contributed by atoms with E-state index in [0.717, 1.165) is 17.0 Å². The van der Waals surface area contributed by atoms with Crippen LogP contribution in [-0.4, -0.2) is 12.9 Å². The second-order valence-corrected chi connectivity index (χ2v) is 3.83. The molecule has 0 aliphatic rings. The molecule has 1 aromatic rings. The summed E-state index contributed by atoms with van der Waals surface area (Å²) in [6.45, 7) is 9.74. The molecule has 4 heteroatoms. The first-order valence-electron chi connectivity index (χ1n) is 3.81. The summed E-state index contributed by atoms with van der Waals surface area (Å²) in [7, 11) is 1.88. The van der Waals surface area contributed by atoms with Gasteiger partial charge in [0.25, 0.3) is 0 Å². The summed E-state index contributed by atoms with van der Waals surface area (Å²) in [5.41, 5.74) is 2.87. The molecule has 0 saturated carbocycles. The number of hydrogen-bond donors (Lipinski definition) is 0. The minimum atomic E-state index is 0.904. The molecule has 1 heterocycles. The average molecular weight is 289 g/mol. The Hall–Kier alpha value is -0.780. The second kappa shape index (κ2) is 3.95. The quantitative estimate of drug-likeness (QED) is 0.630. The maximum Gasteiger partial charge on any atom is 0.0642 e. The van der Waals surface area contributed by atoms with Crippen LogP contribution in [0.25, 0.3) is 5.70 Å². The van der Waals surface area contributed by atoms with Gasteiger partial charge in [-0.15, -0.1) is 0 Å². The van der Waals surface area contributed by atoms with Gasteiger partial charge in [0.05, 0.1) is 34.8 Å². The van der Waals surface area contributed by atoms with Crippen LogP contribution >= 0.6 is 22.9 Å². The predicted molar refractivity (Wildman–Crippen MR) is 62.9 cm³/mol. The van der Waals surface area contributed by atoms with E-state index < -0.39 is 0 Å². The van der Waals surface area contributed by atoms with Crippen LogP contribution in [0.4, 0.5) is 0 Å². The number of allylic oxidation sites excluding steroid dienone is 1. The van der Waals surface area contributed by atoms with Crippen LogP contribution in [0.1, 0.15) is 12.5 Å². The van der Waals surface area contributed by atoms with Crippen LogP contribution in [0, 0.1) is 0 Å². The van der Waals surface area contributed by atoms with Gasteiger partial charge in [-0.2, -0.15) is 5.10 Å². The monoisotopic (exact) mass is 289 g/mol. The van der Waals surface area contributed by atoms with Crippen molar-refractivity contribution in [3.63, 3.8) is 0 Å². The zero-order valence-electron chi connectivity index (χ0n) is 7.79. The Morgan fingerprint density at radius 1 is 1.62 bits per heavy atom. The van der Waals surface area contributed by atoms with Gasteiger partial charge in [0, 0.05) is 24.5 Å². The highest BCUT2D eigenvalue weighted by molar-refractivity contribution is 14.1. The Labute approximate surface area is 92.2 Å². The number of aromatic nitrogens is 2. The summed E-state index contributed by atoms with van der Waals surface area (Å²) in [6, 6.07) is 0. The van der Waals surface area contributed by atoms with Gasteiger partial charge in [-0.1, -0.05) is 13.2 Å². The number of rotatable bonds is 3. The lowest BCUT2D eigenvalue weighted by molar-refractivity contribution is 0.767. The Morgan fingerprint density at radius 2 is 2.23 bits per heavy atom. The van der Waals surface area contributed by atoms with E-state index >= 15 is 0 Å². The molecular formula is C9H12IN3. The van der Waals surface area contributed by atoms with E-state index in [0.29, 0.717) is 0 Å². The molecule has 1 rings (SSSR count). The number of halogens is 1. The van der Waals surface area contributed by atoms with Crippen molar-refractivity contribution in [1.29, 1.82) is 0 Å². The van der Waals surface area contributed by atoms with Gasteiger partial charge >= 0.3 is 0 Å². The normalized spacial score (nSPS) is 9.77. The lowest BCUT2D eigenvalue weighted by Crippen LogP contribution is -2.04. The topological polar surface area (TPSA) is 21.1 Å². The minimum Gasteiger partial charge on any atom is -0.288 e. The molecule has 0 aliphatic carbocycles. The van der Waals surface area contributed by atoms with E-state index in [1.54, 1.807) is 10.9 Å². The highest BCUT2D eigenvalue weighted by atomic mass is 127. The molecule has 0 N–H and O–H groups in total. The molecule has 0 bridgehead atoms. The number of nitrogens with zero attached hydrogens (tertiary/aromatic N) is 3. The molecule has 0 atom stereocenters. The smallest absolute Gasteiger partial charge is 0.0642 e. The summed E-state index contributed by atoms with van der Waals surface area (Å²) >= 11 is 2.17. The first-order valence-corrected chi connectivity index (χ1v) is 4.78. The van der Waals surface area contributed by atoms with Crippen molar-refractivity contribution in [3.05, 3.63) is 36.8 Å². The van der Waals surface area contributed by atoms with Gasteiger partial charge in [0.15, 0.2) is 0 Å². The molecule has 70 valence electrons. The molecule has 0 saturated heterocycles. The van der Waals surface area contributed by atoms with Gasteiger partial charge in [0.2, 0.25) is 0 Å². The maximum absolute atomic E-state index is 4.08. The molecule has 0 radical (unpaired) electrons. The van der Waals surface area contributed by atoms with Crippen molar-refractivity contribution in [2.75, 3.05) is 0 Å². The number of hydrogen-bond acceptors (Lipinski definition) is 2. The fourth-order valence-corrected chi connectivity index (χ4v) is 1.19. The molecule has 0 fully saturated rings. The molecule has 0 aromatic carbocycles. The van der Waals surface area contributed by atoms with Crippen LogP contribution < -0.4 is 0 Å². The Morgan fingerprint density at radius 3 is 2.62 bits per heavy atom. The third kappa shape index (κ3) is 2.33. The third-order valence-corrected chi connectivity index (χ3v) is 3.02. The molecule has 3 nitrogen and oxygen atoms in total. The van der Waals surface area contributed by atoms with Crippen molar-refractivity contribution in [1.82, 2.24) is 12.9 Å². The lowest BCUT2D eigenvalue weighted by Gasteiger charge is -2.17. The van der Waals surface area contributed by atoms with E-state index in [4.69, 9.17) is 0 Å². The summed E-state index contributed by atoms with van der Waals surface area (Å²) in [6.07, 6.45) is 3.72. The van der Waals surface area contributed by atoms with Gasteiger partial charge in [-0.05, 0) is 6.92 Å². The highest BCUT2D eigenvalue weighted by Gasteiger charge is 2.08. The fraction of sp³-hybridized carbons (Fsp3) is 0.222. The second-order valence-electron chi connectivity index (χ2n) is 2.87. The van der Waals surface area contributed by atoms with Crippen molar-refractivity contribution in [2.24, 2.45) is 7.05 Å². The first kappa shape index (κ1) is 10.3. The lowest BCUT2D eigenvalue weighted by atomic mass is 10.3. The van der Waals surface area contributed by atoms with Crippen LogP contribution in [0.5, 0.6) is 0 Å². The van der Waals surface area contributed by atoms with E-state index in [2.05, 4.69) is 41.1 Å². The highest BCUT2D eigenvalue weighted by Crippen LogP contribution is 2.24. The van der Waals surface area contributed by atoms with E-state index in [1.165, 1.54) is 0 Å². The van der Waals surface area contributed by atoms with Gasteiger partial charge in [-0.3, -0.25) is 7.80 Å². The molecule has 0 spiro atoms. The molecule has 13 heavy (non-hydrogen) atoms. The van der Waals surface area contributed by atoms with Gasteiger partial charge < -0.3 is 0 Å². The van der Waals surface area contributed by atoms with Gasteiger partial charge in [0.1, 0.15) is 0 Å². The summed E-state index contributed by atoms with van der Waals surface area (Å²) in [4.78, 5) is 0. The summed E-state index contributed by atoms with van der Waals surface area (Å²) < 4.78 is 3.66. The largest absolute Gasteiger partial charge is 0.288 e. The molecule has 0 aliphatic heterocycles. The molecular weight excluding hydrogens is 277 g/mol. The predicted octanol–water partition coefficient (Wildman–Crippen LogP) is 2.58. The number of aryl methyl sites for hydroxylation is 1. The van der Waals surface area contributed by atoms with Crippen LogP contribution in [0.2, 0.25) is 0 Å². The van der Waals surface area contributed by atoms with Crippen molar-refractivity contribution in [3.8, 4) is 0 Å². The van der Waals surface area contributed by atoms with Crippen LogP contribution in [-0.2, 0) is 7.05 Å². The first-order chi connectivity index (χ1) is 6.02. The van der Waals surface area contributed by atoms with E-state index in [-0.39, 0.29) is 0 Å². The molecule has 1 aromatic heterocycles. The Kier molecular flexibility index (Phi) is 3.13. The van der Waals surface area contributed by atoms with Crippen molar-refractivity contribution >= 4 is 28.6 Å². The van der Waals surface area contributed by atoms with Crippen LogP contribution in [0.3, 0.4) is 0 Å². The van der Waals surface area contributed by atoms with E-state index in [1.807, 2.05) is 23.3 Å². The fourth-order valence-electron chi connectivity index (χ4n) is 0.914. The van der Waals surface area contributed by atoms with Crippen molar-refractivity contribution in [2.45, 2.75) is 6.92 Å². The zero-order valence-corrected chi connectivity index (χ0v) is 9.95. The van der Waals surface area contributed by atoms with Crippen molar-refractivity contribution < 1.29 is 0 Å². The summed E-state index contributed by atoms with van der Waals surface area (Å²) in [5, 5.41) is 4.08. The zero-order chi connectivity index (χ0) is 10.0. The Bertz CT molecular complexity index is 340. The third-order valence-electron chi connectivity index (χ3n) is 1.61. The molecule has 0 amide bonds. The summed E-state index contributed by atoms with van der Waals surface area (Å²) in [5.74, 6) is 0.